The molecule has 1 saturated carbocycles. The van der Waals surface area contributed by atoms with Crippen LogP contribution >= 0.6 is 0 Å². The lowest BCUT2D eigenvalue weighted by atomic mass is 10.1. The van der Waals surface area contributed by atoms with Gasteiger partial charge in [-0.15, -0.1) is 0 Å². The summed E-state index contributed by atoms with van der Waals surface area (Å²) in [5.74, 6) is -0.00533. The fourth-order valence-electron chi connectivity index (χ4n) is 2.98. The van der Waals surface area contributed by atoms with Gasteiger partial charge in [-0.2, -0.15) is 0 Å². The average molecular weight is 386 g/mol. The normalized spacial score (nSPS) is 24.0. The van der Waals surface area contributed by atoms with E-state index in [1.54, 1.807) is 6.07 Å². The first-order valence-electron chi connectivity index (χ1n) is 8.30. The Morgan fingerprint density at radius 3 is 2.56 bits per heavy atom. The van der Waals surface area contributed by atoms with Crippen molar-refractivity contribution in [3.8, 4) is 0 Å². The summed E-state index contributed by atoms with van der Waals surface area (Å²) in [5.41, 5.74) is 0.273. The lowest BCUT2D eigenvalue weighted by molar-refractivity contribution is 0.0935. The summed E-state index contributed by atoms with van der Waals surface area (Å²) in [7, 11) is -7.06. The van der Waals surface area contributed by atoms with Crippen LogP contribution in [0.25, 0.3) is 0 Å². The topological polar surface area (TPSA) is 109 Å². The predicted octanol–water partition coefficient (Wildman–Crippen LogP) is 0.680. The van der Waals surface area contributed by atoms with Gasteiger partial charge in [0.25, 0.3) is 5.91 Å². The van der Waals surface area contributed by atoms with Gasteiger partial charge < -0.3 is 5.32 Å². The zero-order valence-corrected chi connectivity index (χ0v) is 15.6. The largest absolute Gasteiger partial charge is 0.349 e. The monoisotopic (exact) mass is 386 g/mol. The molecule has 2 fully saturated rings. The molecule has 0 radical (unpaired) electrons. The van der Waals surface area contributed by atoms with Gasteiger partial charge in [-0.3, -0.25) is 4.79 Å². The van der Waals surface area contributed by atoms with Crippen molar-refractivity contribution in [3.63, 3.8) is 0 Å². The Kier molecular flexibility index (Phi) is 4.91. The highest BCUT2D eigenvalue weighted by Gasteiger charge is 2.32. The molecule has 2 N–H and O–H groups in total. The van der Waals surface area contributed by atoms with E-state index >= 15 is 0 Å². The van der Waals surface area contributed by atoms with E-state index in [0.717, 1.165) is 12.8 Å². The molecule has 1 aliphatic carbocycles. The summed E-state index contributed by atoms with van der Waals surface area (Å²) in [6.07, 6.45) is 2.47. The number of hydrogen-bond acceptors (Lipinski definition) is 5. The molecule has 0 bridgehead atoms. The fraction of sp³-hybridized carbons (Fsp3) is 0.562. The number of amides is 1. The maximum atomic E-state index is 12.5. The Labute approximate surface area is 148 Å². The van der Waals surface area contributed by atoms with Crippen LogP contribution in [-0.2, 0) is 19.9 Å². The molecule has 9 heteroatoms. The minimum atomic E-state index is -3.88. The predicted molar refractivity (Wildman–Crippen MR) is 93.5 cm³/mol. The first-order chi connectivity index (χ1) is 11.7. The Hall–Kier alpha value is -1.45. The second-order valence-corrected chi connectivity index (χ2v) is 10.8. The number of rotatable bonds is 6. The molecule has 1 aromatic rings. The van der Waals surface area contributed by atoms with Gasteiger partial charge >= 0.3 is 0 Å². The third-order valence-electron chi connectivity index (χ3n) is 4.65. The van der Waals surface area contributed by atoms with Crippen LogP contribution in [-0.4, -0.2) is 46.3 Å². The number of carbonyl (C=O) groups is 1. The molecule has 25 heavy (non-hydrogen) atoms. The van der Waals surface area contributed by atoms with E-state index in [1.807, 2.05) is 6.92 Å². The van der Waals surface area contributed by atoms with Crippen molar-refractivity contribution in [2.75, 3.05) is 11.5 Å². The number of benzene rings is 1. The highest BCUT2D eigenvalue weighted by Crippen LogP contribution is 2.32. The summed E-state index contributed by atoms with van der Waals surface area (Å²) in [5, 5.41) is 2.89. The molecular weight excluding hydrogens is 364 g/mol. The van der Waals surface area contributed by atoms with Crippen molar-refractivity contribution in [1.29, 1.82) is 0 Å². The third-order valence-corrected chi connectivity index (χ3v) is 7.93. The van der Waals surface area contributed by atoms with Crippen molar-refractivity contribution in [2.24, 2.45) is 5.92 Å². The summed E-state index contributed by atoms with van der Waals surface area (Å²) >= 11 is 0. The molecule has 2 unspecified atom stereocenters. The first kappa shape index (κ1) is 18.3. The van der Waals surface area contributed by atoms with E-state index in [1.165, 1.54) is 18.2 Å². The average Bonchev–Trinajstić information content (AvgIpc) is 3.32. The van der Waals surface area contributed by atoms with Gasteiger partial charge in [0.1, 0.15) is 0 Å². The van der Waals surface area contributed by atoms with Crippen LogP contribution in [0.5, 0.6) is 0 Å². The van der Waals surface area contributed by atoms with E-state index in [0.29, 0.717) is 5.92 Å². The molecule has 2 atom stereocenters. The maximum absolute atomic E-state index is 12.5. The van der Waals surface area contributed by atoms with Crippen LogP contribution in [0, 0.1) is 5.92 Å². The smallest absolute Gasteiger partial charge is 0.251 e. The van der Waals surface area contributed by atoms with Crippen molar-refractivity contribution in [1.82, 2.24) is 10.0 Å². The molecule has 2 aliphatic rings. The minimum Gasteiger partial charge on any atom is -0.349 e. The van der Waals surface area contributed by atoms with E-state index in [-0.39, 0.29) is 40.3 Å². The van der Waals surface area contributed by atoms with Crippen LogP contribution < -0.4 is 10.0 Å². The van der Waals surface area contributed by atoms with Crippen LogP contribution in [0.2, 0.25) is 0 Å². The number of nitrogens with one attached hydrogen (secondary N) is 2. The maximum Gasteiger partial charge on any atom is 0.251 e. The van der Waals surface area contributed by atoms with E-state index < -0.39 is 25.9 Å². The van der Waals surface area contributed by atoms with Crippen LogP contribution in [0.15, 0.2) is 29.2 Å². The number of sulfone groups is 1. The SMILES string of the molecule is CC(NC(=O)c1cccc(S(=O)(=O)NC2CCS(=O)(=O)C2)c1)C1CC1. The summed E-state index contributed by atoms with van der Waals surface area (Å²) < 4.78 is 50.3. The van der Waals surface area contributed by atoms with Gasteiger partial charge in [-0.1, -0.05) is 6.07 Å². The molecule has 0 aromatic heterocycles. The van der Waals surface area contributed by atoms with Crippen molar-refractivity contribution in [3.05, 3.63) is 29.8 Å². The van der Waals surface area contributed by atoms with Gasteiger partial charge in [0, 0.05) is 17.6 Å². The van der Waals surface area contributed by atoms with E-state index in [4.69, 9.17) is 0 Å². The first-order valence-corrected chi connectivity index (χ1v) is 11.6. The molecule has 7 nitrogen and oxygen atoms in total. The van der Waals surface area contributed by atoms with Crippen LogP contribution in [0.1, 0.15) is 36.5 Å². The Morgan fingerprint density at radius 2 is 1.96 bits per heavy atom. The van der Waals surface area contributed by atoms with Crippen molar-refractivity contribution in [2.45, 2.75) is 43.2 Å². The molecule has 0 spiro atoms. The highest BCUT2D eigenvalue weighted by molar-refractivity contribution is 7.92. The molecular formula is C16H22N2O5S2. The molecule has 1 amide bonds. The van der Waals surface area contributed by atoms with E-state index in [9.17, 15) is 21.6 Å². The molecule has 1 aromatic carbocycles. The molecule has 1 saturated heterocycles. The number of carbonyl (C=O) groups excluding carboxylic acids is 1. The standard InChI is InChI=1S/C16H22N2O5S2/c1-11(12-5-6-12)17-16(19)13-3-2-4-15(9-13)25(22,23)18-14-7-8-24(20,21)10-14/h2-4,9,11-12,14,18H,5-8,10H2,1H3,(H,17,19). The quantitative estimate of drug-likeness (QED) is 0.747. The molecule has 1 heterocycles. The Morgan fingerprint density at radius 1 is 1.24 bits per heavy atom. The minimum absolute atomic E-state index is 0.0122. The summed E-state index contributed by atoms with van der Waals surface area (Å²) in [6.45, 7) is 1.94. The highest BCUT2D eigenvalue weighted by atomic mass is 32.2. The summed E-state index contributed by atoms with van der Waals surface area (Å²) in [6, 6.07) is 5.23. The number of sulfonamides is 1. The van der Waals surface area contributed by atoms with Crippen molar-refractivity contribution >= 4 is 25.8 Å². The molecule has 3 rings (SSSR count). The van der Waals surface area contributed by atoms with E-state index in [2.05, 4.69) is 10.0 Å². The second-order valence-electron chi connectivity index (χ2n) is 6.85. The Bertz CT molecular complexity index is 876. The second kappa shape index (κ2) is 6.69. The Balaban J connectivity index is 1.72. The fourth-order valence-corrected chi connectivity index (χ4v) is 6.08. The third kappa shape index (κ3) is 4.59. The van der Waals surface area contributed by atoms with Gasteiger partial charge in [0.2, 0.25) is 10.0 Å². The van der Waals surface area contributed by atoms with Gasteiger partial charge in [-0.05, 0) is 50.3 Å². The zero-order valence-electron chi connectivity index (χ0n) is 13.9. The number of hydrogen-bond donors (Lipinski definition) is 2. The van der Waals surface area contributed by atoms with Crippen LogP contribution in [0.3, 0.4) is 0 Å². The van der Waals surface area contributed by atoms with Gasteiger partial charge in [0.05, 0.1) is 16.4 Å². The molecule has 1 aliphatic heterocycles. The lowest BCUT2D eigenvalue weighted by Crippen LogP contribution is -2.36. The molecule has 138 valence electrons. The summed E-state index contributed by atoms with van der Waals surface area (Å²) in [4.78, 5) is 12.3. The zero-order chi connectivity index (χ0) is 18.2. The van der Waals surface area contributed by atoms with Crippen molar-refractivity contribution < 1.29 is 21.6 Å². The van der Waals surface area contributed by atoms with Gasteiger partial charge in [0.15, 0.2) is 9.84 Å². The lowest BCUT2D eigenvalue weighted by Gasteiger charge is -2.14. The van der Waals surface area contributed by atoms with Gasteiger partial charge in [-0.25, -0.2) is 21.6 Å². The van der Waals surface area contributed by atoms with Crippen LogP contribution in [0.4, 0.5) is 0 Å².